The number of carbonyl (C=O) groups excluding carboxylic acids is 1. The van der Waals surface area contributed by atoms with Crippen molar-refractivity contribution in [2.24, 2.45) is 11.8 Å². The van der Waals surface area contributed by atoms with Crippen LogP contribution in [0.2, 0.25) is 0 Å². The molecule has 1 unspecified atom stereocenters. The number of nitrogens with one attached hydrogen (secondary N) is 1. The van der Waals surface area contributed by atoms with Crippen molar-refractivity contribution in [1.29, 1.82) is 0 Å². The Balaban J connectivity index is 2.56. The van der Waals surface area contributed by atoms with E-state index in [1.807, 2.05) is 13.8 Å². The Hall–Kier alpha value is -2.70. The summed E-state index contributed by atoms with van der Waals surface area (Å²) in [4.78, 5) is 36.6. The van der Waals surface area contributed by atoms with E-state index in [1.54, 1.807) is 38.1 Å². The van der Waals surface area contributed by atoms with Gasteiger partial charge in [0, 0.05) is 11.9 Å². The molecule has 0 aliphatic heterocycles. The highest BCUT2D eigenvalue weighted by molar-refractivity contribution is 6.05. The van der Waals surface area contributed by atoms with Crippen molar-refractivity contribution in [2.75, 3.05) is 0 Å². The molecule has 1 atom stereocenters. The van der Waals surface area contributed by atoms with E-state index < -0.39 is 17.9 Å². The van der Waals surface area contributed by atoms with E-state index >= 15 is 0 Å². The smallest absolute Gasteiger partial charge is 0.326 e. The lowest BCUT2D eigenvalue weighted by Crippen LogP contribution is -2.45. The number of fused-ring (bicyclic) bond motifs is 1. The maximum Gasteiger partial charge on any atom is 0.326 e. The number of aromatic nitrogens is 2. The number of aliphatic carboxylic acids is 1. The van der Waals surface area contributed by atoms with Crippen molar-refractivity contribution in [3.8, 4) is 0 Å². The van der Waals surface area contributed by atoms with Crippen LogP contribution >= 0.6 is 0 Å². The number of rotatable bonds is 6. The zero-order valence-corrected chi connectivity index (χ0v) is 14.8. The first-order chi connectivity index (χ1) is 11.7. The number of hydrogen-bond acceptors (Lipinski definition) is 4. The molecule has 7 heteroatoms. The molecule has 0 saturated carbocycles. The van der Waals surface area contributed by atoms with Gasteiger partial charge in [0.1, 0.15) is 6.04 Å². The minimum Gasteiger partial charge on any atom is -0.480 e. The van der Waals surface area contributed by atoms with Crippen LogP contribution in [0.15, 0.2) is 29.1 Å². The Morgan fingerprint density at radius 2 is 1.76 bits per heavy atom. The van der Waals surface area contributed by atoms with Crippen molar-refractivity contribution >= 4 is 22.6 Å². The predicted octanol–water partition coefficient (Wildman–Crippen LogP) is 1.89. The molecule has 0 aliphatic rings. The van der Waals surface area contributed by atoms with Crippen LogP contribution in [0.25, 0.3) is 10.8 Å². The second-order valence-electron chi connectivity index (χ2n) is 6.81. The average molecular weight is 345 g/mol. The van der Waals surface area contributed by atoms with Gasteiger partial charge >= 0.3 is 5.97 Å². The Morgan fingerprint density at radius 1 is 1.16 bits per heavy atom. The van der Waals surface area contributed by atoms with Gasteiger partial charge in [0.15, 0.2) is 5.69 Å². The molecule has 134 valence electrons. The van der Waals surface area contributed by atoms with Crippen LogP contribution in [-0.2, 0) is 11.3 Å². The lowest BCUT2D eigenvalue weighted by Gasteiger charge is -2.18. The summed E-state index contributed by atoms with van der Waals surface area (Å²) in [5.74, 6) is -1.82. The Kier molecular flexibility index (Phi) is 5.56. The highest BCUT2D eigenvalue weighted by Gasteiger charge is 2.26. The number of carboxylic acid groups (broad SMARTS) is 1. The molecule has 0 saturated heterocycles. The first-order valence-electron chi connectivity index (χ1n) is 8.26. The molecular weight excluding hydrogens is 322 g/mol. The van der Waals surface area contributed by atoms with Crippen LogP contribution in [0.1, 0.15) is 38.2 Å². The standard InChI is InChI=1S/C18H23N3O4/c1-10(2)9-21-17(23)13-8-6-5-7-12(13)15(20-21)16(22)19-14(11(3)4)18(24)25/h5-8,10-11,14H,9H2,1-4H3,(H,19,22)(H,24,25). The summed E-state index contributed by atoms with van der Waals surface area (Å²) in [5.41, 5.74) is -0.206. The minimum atomic E-state index is -1.11. The van der Waals surface area contributed by atoms with E-state index in [9.17, 15) is 19.5 Å². The van der Waals surface area contributed by atoms with E-state index in [0.29, 0.717) is 17.3 Å². The van der Waals surface area contributed by atoms with Gasteiger partial charge in [-0.15, -0.1) is 0 Å². The van der Waals surface area contributed by atoms with Crippen molar-refractivity contribution < 1.29 is 14.7 Å². The molecule has 0 aliphatic carbocycles. The zero-order valence-electron chi connectivity index (χ0n) is 14.8. The van der Waals surface area contributed by atoms with Crippen LogP contribution in [0, 0.1) is 11.8 Å². The second-order valence-corrected chi connectivity index (χ2v) is 6.81. The van der Waals surface area contributed by atoms with Crippen LogP contribution in [0.4, 0.5) is 0 Å². The molecule has 25 heavy (non-hydrogen) atoms. The number of hydrogen-bond donors (Lipinski definition) is 2. The summed E-state index contributed by atoms with van der Waals surface area (Å²) in [6.07, 6.45) is 0. The van der Waals surface area contributed by atoms with Gasteiger partial charge in [-0.3, -0.25) is 9.59 Å². The number of carboxylic acids is 1. The topological polar surface area (TPSA) is 101 Å². The number of carbonyl (C=O) groups is 2. The third-order valence-electron chi connectivity index (χ3n) is 3.84. The summed E-state index contributed by atoms with van der Waals surface area (Å²) >= 11 is 0. The quantitative estimate of drug-likeness (QED) is 0.832. The summed E-state index contributed by atoms with van der Waals surface area (Å²) in [7, 11) is 0. The first kappa shape index (κ1) is 18.6. The molecule has 0 radical (unpaired) electrons. The highest BCUT2D eigenvalue weighted by Crippen LogP contribution is 2.14. The molecule has 2 N–H and O–H groups in total. The normalized spacial score (nSPS) is 12.6. The van der Waals surface area contributed by atoms with Crippen LogP contribution in [-0.4, -0.2) is 32.8 Å². The van der Waals surface area contributed by atoms with Crippen molar-refractivity contribution in [1.82, 2.24) is 15.1 Å². The number of amides is 1. The third-order valence-corrected chi connectivity index (χ3v) is 3.84. The highest BCUT2D eigenvalue weighted by atomic mass is 16.4. The zero-order chi connectivity index (χ0) is 18.7. The third kappa shape index (κ3) is 4.04. The fourth-order valence-corrected chi connectivity index (χ4v) is 2.60. The van der Waals surface area contributed by atoms with Gasteiger partial charge in [-0.25, -0.2) is 9.48 Å². The Bertz CT molecular complexity index is 855. The van der Waals surface area contributed by atoms with Gasteiger partial charge in [-0.2, -0.15) is 5.10 Å². The van der Waals surface area contributed by atoms with Gasteiger partial charge < -0.3 is 10.4 Å². The number of benzene rings is 1. The van der Waals surface area contributed by atoms with Crippen molar-refractivity contribution in [3.63, 3.8) is 0 Å². The summed E-state index contributed by atoms with van der Waals surface area (Å²) in [6.45, 7) is 7.69. The molecule has 1 amide bonds. The SMILES string of the molecule is CC(C)Cn1nc(C(=O)NC(C(=O)O)C(C)C)c2ccccc2c1=O. The van der Waals surface area contributed by atoms with Crippen LogP contribution in [0.3, 0.4) is 0 Å². The molecule has 0 bridgehead atoms. The lowest BCUT2D eigenvalue weighted by molar-refractivity contribution is -0.140. The monoisotopic (exact) mass is 345 g/mol. The molecule has 1 aromatic heterocycles. The van der Waals surface area contributed by atoms with E-state index in [2.05, 4.69) is 10.4 Å². The molecule has 0 spiro atoms. The maximum absolute atomic E-state index is 12.7. The van der Waals surface area contributed by atoms with E-state index in [0.717, 1.165) is 0 Å². The lowest BCUT2D eigenvalue weighted by atomic mass is 10.0. The van der Waals surface area contributed by atoms with Crippen molar-refractivity contribution in [3.05, 3.63) is 40.3 Å². The fraction of sp³-hybridized carbons (Fsp3) is 0.444. The molecule has 1 heterocycles. The molecule has 7 nitrogen and oxygen atoms in total. The predicted molar refractivity (Wildman–Crippen MR) is 94.6 cm³/mol. The average Bonchev–Trinajstić information content (AvgIpc) is 2.54. The van der Waals surface area contributed by atoms with Gasteiger partial charge in [-0.1, -0.05) is 45.9 Å². The summed E-state index contributed by atoms with van der Waals surface area (Å²) in [6, 6.07) is 5.69. The molecule has 0 fully saturated rings. The van der Waals surface area contributed by atoms with Crippen LogP contribution in [0.5, 0.6) is 0 Å². The van der Waals surface area contributed by atoms with Gasteiger partial charge in [0.05, 0.1) is 5.39 Å². The molecule has 1 aromatic carbocycles. The molecule has 2 aromatic rings. The Morgan fingerprint density at radius 3 is 2.28 bits per heavy atom. The summed E-state index contributed by atoms with van der Waals surface area (Å²) < 4.78 is 1.27. The first-order valence-corrected chi connectivity index (χ1v) is 8.26. The van der Waals surface area contributed by atoms with Gasteiger partial charge in [0.2, 0.25) is 0 Å². The van der Waals surface area contributed by atoms with E-state index in [1.165, 1.54) is 4.68 Å². The fourth-order valence-electron chi connectivity index (χ4n) is 2.60. The van der Waals surface area contributed by atoms with E-state index in [-0.39, 0.29) is 23.1 Å². The Labute approximate surface area is 145 Å². The minimum absolute atomic E-state index is 0.0581. The number of nitrogens with zero attached hydrogens (tertiary/aromatic N) is 2. The van der Waals surface area contributed by atoms with Gasteiger partial charge in [-0.05, 0) is 17.9 Å². The van der Waals surface area contributed by atoms with E-state index in [4.69, 9.17) is 0 Å². The van der Waals surface area contributed by atoms with Crippen molar-refractivity contribution in [2.45, 2.75) is 40.3 Å². The molecular formula is C18H23N3O4. The van der Waals surface area contributed by atoms with Crippen LogP contribution < -0.4 is 10.9 Å². The van der Waals surface area contributed by atoms with Gasteiger partial charge in [0.25, 0.3) is 11.5 Å². The maximum atomic E-state index is 12.7. The molecule has 2 rings (SSSR count). The largest absolute Gasteiger partial charge is 0.480 e. The second kappa shape index (κ2) is 7.46. The summed E-state index contributed by atoms with van der Waals surface area (Å²) in [5, 5.41) is 16.8.